The number of carbonyl (C=O) groups excluding carboxylic acids is 1. The lowest BCUT2D eigenvalue weighted by Gasteiger charge is -2.40. The SMILES string of the molecule is O=C(C1CCCN(c2ncccn2)C1)N1CCC2(CC1)OCCO2. The second-order valence-electron chi connectivity index (χ2n) is 6.77. The van der Waals surface area contributed by atoms with Gasteiger partial charge in [0.25, 0.3) is 0 Å². The molecule has 130 valence electrons. The van der Waals surface area contributed by atoms with E-state index < -0.39 is 5.79 Å². The minimum atomic E-state index is -0.423. The first-order valence-corrected chi connectivity index (χ1v) is 8.84. The van der Waals surface area contributed by atoms with Crippen molar-refractivity contribution < 1.29 is 14.3 Å². The molecule has 0 bridgehead atoms. The molecule has 24 heavy (non-hydrogen) atoms. The van der Waals surface area contributed by atoms with Gasteiger partial charge in [0.1, 0.15) is 0 Å². The molecule has 0 N–H and O–H groups in total. The summed E-state index contributed by atoms with van der Waals surface area (Å²) in [5.41, 5.74) is 0. The molecule has 4 rings (SSSR count). The van der Waals surface area contributed by atoms with Gasteiger partial charge in [-0.05, 0) is 18.9 Å². The fourth-order valence-electron chi connectivity index (χ4n) is 3.93. The summed E-state index contributed by atoms with van der Waals surface area (Å²) in [7, 11) is 0. The number of carbonyl (C=O) groups is 1. The van der Waals surface area contributed by atoms with Crippen LogP contribution in [-0.4, -0.2) is 66.0 Å². The van der Waals surface area contributed by atoms with Gasteiger partial charge in [-0.1, -0.05) is 0 Å². The van der Waals surface area contributed by atoms with Gasteiger partial charge in [-0.15, -0.1) is 0 Å². The van der Waals surface area contributed by atoms with Crippen LogP contribution < -0.4 is 4.90 Å². The van der Waals surface area contributed by atoms with Gasteiger partial charge in [-0.3, -0.25) is 4.79 Å². The van der Waals surface area contributed by atoms with Crippen molar-refractivity contribution in [3.63, 3.8) is 0 Å². The Kier molecular flexibility index (Phi) is 4.37. The zero-order valence-electron chi connectivity index (χ0n) is 13.9. The molecular formula is C17H24N4O3. The Balaban J connectivity index is 1.36. The van der Waals surface area contributed by atoms with Crippen LogP contribution in [0.25, 0.3) is 0 Å². The molecule has 3 aliphatic rings. The van der Waals surface area contributed by atoms with Crippen molar-refractivity contribution in [3.05, 3.63) is 18.5 Å². The van der Waals surface area contributed by atoms with Crippen molar-refractivity contribution in [1.29, 1.82) is 0 Å². The lowest BCUT2D eigenvalue weighted by atomic mass is 9.94. The van der Waals surface area contributed by atoms with Crippen LogP contribution in [0.4, 0.5) is 5.95 Å². The summed E-state index contributed by atoms with van der Waals surface area (Å²) < 4.78 is 11.5. The summed E-state index contributed by atoms with van der Waals surface area (Å²) >= 11 is 0. The van der Waals surface area contributed by atoms with Crippen LogP contribution in [-0.2, 0) is 14.3 Å². The quantitative estimate of drug-likeness (QED) is 0.807. The molecule has 0 radical (unpaired) electrons. The van der Waals surface area contributed by atoms with E-state index in [9.17, 15) is 4.79 Å². The molecule has 0 aliphatic carbocycles. The third kappa shape index (κ3) is 3.10. The maximum Gasteiger partial charge on any atom is 0.227 e. The van der Waals surface area contributed by atoms with E-state index in [0.29, 0.717) is 19.8 Å². The summed E-state index contributed by atoms with van der Waals surface area (Å²) in [5, 5.41) is 0. The predicted molar refractivity (Wildman–Crippen MR) is 87.4 cm³/mol. The van der Waals surface area contributed by atoms with Crippen LogP contribution >= 0.6 is 0 Å². The molecule has 1 unspecified atom stereocenters. The number of anilines is 1. The van der Waals surface area contributed by atoms with E-state index in [1.165, 1.54) is 0 Å². The van der Waals surface area contributed by atoms with E-state index in [-0.39, 0.29) is 11.8 Å². The minimum Gasteiger partial charge on any atom is -0.347 e. The molecule has 1 aromatic heterocycles. The fourth-order valence-corrected chi connectivity index (χ4v) is 3.93. The Labute approximate surface area is 142 Å². The fraction of sp³-hybridized carbons (Fsp3) is 0.706. The van der Waals surface area contributed by atoms with E-state index in [1.807, 2.05) is 11.0 Å². The molecule has 3 fully saturated rings. The molecule has 0 saturated carbocycles. The average molecular weight is 332 g/mol. The standard InChI is InChI=1S/C17H24N4O3/c22-15(20-9-4-17(5-10-20)23-11-12-24-17)14-3-1-8-21(13-14)16-18-6-2-7-19-16/h2,6-7,14H,1,3-5,8-13H2. The van der Waals surface area contributed by atoms with Gasteiger partial charge in [0, 0.05) is 51.4 Å². The van der Waals surface area contributed by atoms with Gasteiger partial charge in [0.2, 0.25) is 11.9 Å². The largest absolute Gasteiger partial charge is 0.347 e. The Hall–Kier alpha value is -1.73. The number of nitrogens with zero attached hydrogens (tertiary/aromatic N) is 4. The molecule has 3 saturated heterocycles. The van der Waals surface area contributed by atoms with E-state index >= 15 is 0 Å². The second-order valence-corrected chi connectivity index (χ2v) is 6.77. The van der Waals surface area contributed by atoms with Crippen LogP contribution in [0.3, 0.4) is 0 Å². The first-order valence-electron chi connectivity index (χ1n) is 8.84. The number of rotatable bonds is 2. The molecule has 1 amide bonds. The van der Waals surface area contributed by atoms with Crippen LogP contribution in [0, 0.1) is 5.92 Å². The first kappa shape index (κ1) is 15.8. The molecule has 1 aromatic rings. The third-order valence-electron chi connectivity index (χ3n) is 5.26. The molecule has 1 atom stereocenters. The van der Waals surface area contributed by atoms with Gasteiger partial charge >= 0.3 is 0 Å². The number of hydrogen-bond donors (Lipinski definition) is 0. The highest BCUT2D eigenvalue weighted by atomic mass is 16.7. The Morgan fingerprint density at radius 2 is 1.83 bits per heavy atom. The van der Waals surface area contributed by atoms with Crippen LogP contribution in [0.15, 0.2) is 18.5 Å². The molecule has 1 spiro atoms. The lowest BCUT2D eigenvalue weighted by molar-refractivity contribution is -0.188. The number of aromatic nitrogens is 2. The van der Waals surface area contributed by atoms with E-state index in [1.54, 1.807) is 12.4 Å². The Bertz CT molecular complexity index is 566. The molecule has 4 heterocycles. The summed E-state index contributed by atoms with van der Waals surface area (Å²) in [4.78, 5) is 25.6. The van der Waals surface area contributed by atoms with Gasteiger partial charge in [0.15, 0.2) is 5.79 Å². The highest BCUT2D eigenvalue weighted by molar-refractivity contribution is 5.79. The summed E-state index contributed by atoms with van der Waals surface area (Å²) in [6, 6.07) is 1.81. The molecular weight excluding hydrogens is 308 g/mol. The molecule has 7 nitrogen and oxygen atoms in total. The highest BCUT2D eigenvalue weighted by Crippen LogP contribution is 2.32. The first-order chi connectivity index (χ1) is 11.8. The van der Waals surface area contributed by atoms with Gasteiger partial charge in [0.05, 0.1) is 19.1 Å². The van der Waals surface area contributed by atoms with E-state index in [0.717, 1.165) is 51.3 Å². The van der Waals surface area contributed by atoms with Gasteiger partial charge in [-0.25, -0.2) is 9.97 Å². The van der Waals surface area contributed by atoms with Crippen molar-refractivity contribution >= 4 is 11.9 Å². The summed E-state index contributed by atoms with van der Waals surface area (Å²) in [6.07, 6.45) is 6.99. The Morgan fingerprint density at radius 3 is 2.54 bits per heavy atom. The van der Waals surface area contributed by atoms with Crippen molar-refractivity contribution in [2.75, 3.05) is 44.3 Å². The number of ether oxygens (including phenoxy) is 2. The zero-order chi connectivity index (χ0) is 16.4. The van der Waals surface area contributed by atoms with Crippen molar-refractivity contribution in [1.82, 2.24) is 14.9 Å². The van der Waals surface area contributed by atoms with Crippen LogP contribution in [0.5, 0.6) is 0 Å². The topological polar surface area (TPSA) is 67.8 Å². The average Bonchev–Trinajstić information content (AvgIpc) is 3.11. The minimum absolute atomic E-state index is 0.0296. The van der Waals surface area contributed by atoms with Crippen molar-refractivity contribution in [2.24, 2.45) is 5.92 Å². The summed E-state index contributed by atoms with van der Waals surface area (Å²) in [6.45, 7) is 4.40. The van der Waals surface area contributed by atoms with Gasteiger partial charge in [-0.2, -0.15) is 0 Å². The number of piperidine rings is 2. The van der Waals surface area contributed by atoms with Crippen molar-refractivity contribution in [3.8, 4) is 0 Å². The van der Waals surface area contributed by atoms with Crippen molar-refractivity contribution in [2.45, 2.75) is 31.5 Å². The molecule has 0 aromatic carbocycles. The smallest absolute Gasteiger partial charge is 0.227 e. The van der Waals surface area contributed by atoms with Crippen LogP contribution in [0.2, 0.25) is 0 Å². The van der Waals surface area contributed by atoms with E-state index in [4.69, 9.17) is 9.47 Å². The lowest BCUT2D eigenvalue weighted by Crippen LogP contribution is -2.51. The Morgan fingerprint density at radius 1 is 1.12 bits per heavy atom. The maximum atomic E-state index is 12.9. The number of hydrogen-bond acceptors (Lipinski definition) is 6. The predicted octanol–water partition coefficient (Wildman–Crippen LogP) is 1.06. The van der Waals surface area contributed by atoms with Crippen LogP contribution in [0.1, 0.15) is 25.7 Å². The maximum absolute atomic E-state index is 12.9. The monoisotopic (exact) mass is 332 g/mol. The molecule has 3 aliphatic heterocycles. The highest BCUT2D eigenvalue weighted by Gasteiger charge is 2.42. The molecule has 7 heteroatoms. The number of amides is 1. The number of likely N-dealkylation sites (tertiary alicyclic amines) is 1. The third-order valence-corrected chi connectivity index (χ3v) is 5.26. The zero-order valence-corrected chi connectivity index (χ0v) is 13.9. The summed E-state index contributed by atoms with van der Waals surface area (Å²) in [5.74, 6) is 0.582. The van der Waals surface area contributed by atoms with E-state index in [2.05, 4.69) is 14.9 Å². The second kappa shape index (κ2) is 6.64. The van der Waals surface area contributed by atoms with Gasteiger partial charge < -0.3 is 19.3 Å². The normalized spacial score (nSPS) is 26.8.